The molecule has 0 saturated heterocycles. The van der Waals surface area contributed by atoms with Crippen LogP contribution in [0.5, 0.6) is 0 Å². The molecule has 0 radical (unpaired) electrons. The van der Waals surface area contributed by atoms with Gasteiger partial charge in [0.2, 0.25) is 0 Å². The average molecular weight is 377 g/mol. The summed E-state index contributed by atoms with van der Waals surface area (Å²) in [5, 5.41) is 4.18. The first-order valence-electron chi connectivity index (χ1n) is 6.92. The summed E-state index contributed by atoms with van der Waals surface area (Å²) in [7, 11) is 0. The Morgan fingerprint density at radius 2 is 2.04 bits per heavy atom. The molecule has 8 nitrogen and oxygen atoms in total. The maximum Gasteiger partial charge on any atom is 0.358 e. The number of nitrogens with one attached hydrogen (secondary N) is 2. The number of hydrogen-bond donors (Lipinski definition) is 2. The monoisotopic (exact) mass is 377 g/mol. The molecular weight excluding hydrogens is 366 g/mol. The molecule has 0 aliphatic carbocycles. The first-order chi connectivity index (χ1) is 12.1. The number of hydrazine groups is 1. The zero-order chi connectivity index (χ0) is 17.6. The quantitative estimate of drug-likeness (QED) is 0.520. The van der Waals surface area contributed by atoms with Crippen molar-refractivity contribution in [3.63, 3.8) is 0 Å². The van der Waals surface area contributed by atoms with Gasteiger partial charge in [0, 0.05) is 5.38 Å². The predicted octanol–water partition coefficient (Wildman–Crippen LogP) is 2.08. The van der Waals surface area contributed by atoms with Crippen molar-refractivity contribution >= 4 is 40.5 Å². The molecule has 2 N–H and O–H groups in total. The third-order valence-corrected chi connectivity index (χ3v) is 4.72. The number of carbonyl (C=O) groups excluding carboxylic acids is 3. The van der Waals surface area contributed by atoms with Crippen molar-refractivity contribution in [1.29, 1.82) is 0 Å². The topological polar surface area (TPSA) is 111 Å². The van der Waals surface area contributed by atoms with Gasteiger partial charge in [0.15, 0.2) is 18.1 Å². The van der Waals surface area contributed by atoms with Gasteiger partial charge in [-0.05, 0) is 23.6 Å². The third kappa shape index (κ3) is 4.31. The molecule has 2 amide bonds. The van der Waals surface area contributed by atoms with Crippen LogP contribution < -0.4 is 10.9 Å². The lowest BCUT2D eigenvalue weighted by Crippen LogP contribution is -2.43. The molecule has 0 unspecified atom stereocenters. The summed E-state index contributed by atoms with van der Waals surface area (Å²) in [6.45, 7) is -0.552. The minimum atomic E-state index is -0.716. The Kier molecular flexibility index (Phi) is 5.21. The molecule has 10 heteroatoms. The minimum absolute atomic E-state index is 0.0425. The third-order valence-electron chi connectivity index (χ3n) is 2.84. The molecule has 0 aromatic carbocycles. The molecule has 0 aliphatic heterocycles. The van der Waals surface area contributed by atoms with Gasteiger partial charge in [0.05, 0.1) is 11.1 Å². The maximum absolute atomic E-state index is 11.9. The Morgan fingerprint density at radius 1 is 1.16 bits per heavy atom. The van der Waals surface area contributed by atoms with E-state index < -0.39 is 24.4 Å². The van der Waals surface area contributed by atoms with Gasteiger partial charge in [-0.15, -0.1) is 22.7 Å². The van der Waals surface area contributed by atoms with Gasteiger partial charge in [0.25, 0.3) is 5.91 Å². The zero-order valence-corrected chi connectivity index (χ0v) is 14.2. The highest BCUT2D eigenvalue weighted by Gasteiger charge is 2.16. The predicted molar refractivity (Wildman–Crippen MR) is 90.0 cm³/mol. The van der Waals surface area contributed by atoms with Gasteiger partial charge >= 0.3 is 11.9 Å². The molecule has 0 spiro atoms. The summed E-state index contributed by atoms with van der Waals surface area (Å²) >= 11 is 2.82. The van der Waals surface area contributed by atoms with Crippen LogP contribution in [-0.2, 0) is 9.53 Å². The van der Waals surface area contributed by atoms with E-state index in [-0.39, 0.29) is 11.5 Å². The van der Waals surface area contributed by atoms with Crippen molar-refractivity contribution in [2.24, 2.45) is 0 Å². The molecule has 3 heterocycles. The maximum atomic E-state index is 11.9. The second-order valence-corrected chi connectivity index (χ2v) is 6.38. The summed E-state index contributed by atoms with van der Waals surface area (Å²) in [4.78, 5) is 40.2. The number of rotatable bonds is 5. The highest BCUT2D eigenvalue weighted by atomic mass is 32.1. The second kappa shape index (κ2) is 7.73. The number of amides is 2. The normalized spacial score (nSPS) is 10.2. The van der Waals surface area contributed by atoms with Crippen LogP contribution in [0.4, 0.5) is 0 Å². The number of thiazole rings is 1. The van der Waals surface area contributed by atoms with Crippen LogP contribution in [0.2, 0.25) is 0 Å². The van der Waals surface area contributed by atoms with Crippen LogP contribution >= 0.6 is 22.7 Å². The van der Waals surface area contributed by atoms with Crippen LogP contribution in [-0.4, -0.2) is 29.4 Å². The molecule has 0 atom stereocenters. The summed E-state index contributed by atoms with van der Waals surface area (Å²) in [6, 6.07) is 6.76. The van der Waals surface area contributed by atoms with Gasteiger partial charge < -0.3 is 9.15 Å². The van der Waals surface area contributed by atoms with Crippen molar-refractivity contribution in [2.45, 2.75) is 0 Å². The van der Waals surface area contributed by atoms with E-state index in [1.54, 1.807) is 5.38 Å². The Hall–Kier alpha value is -2.98. The van der Waals surface area contributed by atoms with Gasteiger partial charge in [-0.3, -0.25) is 20.4 Å². The summed E-state index contributed by atoms with van der Waals surface area (Å²) in [6.07, 6.45) is 1.33. The van der Waals surface area contributed by atoms with E-state index in [1.807, 2.05) is 17.5 Å². The molecule has 3 aromatic rings. The summed E-state index contributed by atoms with van der Waals surface area (Å²) in [5.41, 5.74) is 4.37. The van der Waals surface area contributed by atoms with Gasteiger partial charge in [-0.25, -0.2) is 9.78 Å². The van der Waals surface area contributed by atoms with Crippen molar-refractivity contribution in [3.8, 4) is 9.88 Å². The minimum Gasteiger partial charge on any atom is -0.459 e. The Morgan fingerprint density at radius 3 is 2.76 bits per heavy atom. The molecular formula is C15H11N3O5S2. The number of ether oxygens (including phenoxy) is 1. The van der Waals surface area contributed by atoms with Crippen LogP contribution in [0, 0.1) is 0 Å². The standard InChI is InChI=1S/C15H11N3O5S2/c19-12(17-18-13(20)10-3-1-5-22-10)7-23-15(21)9-8-25-14(16-9)11-4-2-6-24-11/h1-6,8H,7H2,(H,17,19)(H,18,20). The number of esters is 1. The van der Waals surface area contributed by atoms with Crippen LogP contribution in [0.15, 0.2) is 45.7 Å². The molecule has 3 rings (SSSR count). The number of nitrogens with zero attached hydrogens (tertiary/aromatic N) is 1. The summed E-state index contributed by atoms with van der Waals surface area (Å²) < 4.78 is 9.73. The molecule has 0 aliphatic rings. The van der Waals surface area contributed by atoms with E-state index in [0.29, 0.717) is 5.01 Å². The van der Waals surface area contributed by atoms with Gasteiger partial charge in [-0.2, -0.15) is 0 Å². The molecule has 3 aromatic heterocycles. The van der Waals surface area contributed by atoms with E-state index in [1.165, 1.54) is 41.1 Å². The highest BCUT2D eigenvalue weighted by molar-refractivity contribution is 7.20. The largest absolute Gasteiger partial charge is 0.459 e. The lowest BCUT2D eigenvalue weighted by Gasteiger charge is -2.06. The first-order valence-corrected chi connectivity index (χ1v) is 8.68. The molecule has 128 valence electrons. The SMILES string of the molecule is O=C(COC(=O)c1csc(-c2cccs2)n1)NNC(=O)c1ccco1. The fourth-order valence-corrected chi connectivity index (χ4v) is 3.32. The number of furan rings is 1. The van der Waals surface area contributed by atoms with Crippen LogP contribution in [0.1, 0.15) is 21.0 Å². The molecule has 25 heavy (non-hydrogen) atoms. The van der Waals surface area contributed by atoms with Crippen LogP contribution in [0.3, 0.4) is 0 Å². The molecule has 0 fully saturated rings. The molecule has 0 saturated carbocycles. The lowest BCUT2D eigenvalue weighted by molar-refractivity contribution is -0.125. The van der Waals surface area contributed by atoms with Gasteiger partial charge in [-0.1, -0.05) is 6.07 Å². The smallest absolute Gasteiger partial charge is 0.358 e. The van der Waals surface area contributed by atoms with E-state index >= 15 is 0 Å². The average Bonchev–Trinajstić information content (AvgIpc) is 3.37. The van der Waals surface area contributed by atoms with Crippen LogP contribution in [0.25, 0.3) is 9.88 Å². The lowest BCUT2D eigenvalue weighted by atomic mass is 10.4. The van der Waals surface area contributed by atoms with Crippen molar-refractivity contribution < 1.29 is 23.5 Å². The zero-order valence-electron chi connectivity index (χ0n) is 12.6. The Bertz CT molecular complexity index is 871. The van der Waals surface area contributed by atoms with E-state index in [2.05, 4.69) is 15.8 Å². The van der Waals surface area contributed by atoms with Crippen molar-refractivity contribution in [3.05, 3.63) is 52.7 Å². The number of thiophene rings is 1. The number of hydrogen-bond acceptors (Lipinski definition) is 8. The Labute approximate surface area is 149 Å². The van der Waals surface area contributed by atoms with Crippen molar-refractivity contribution in [2.75, 3.05) is 6.61 Å². The fourth-order valence-electron chi connectivity index (χ4n) is 1.72. The number of carbonyl (C=O) groups is 3. The summed E-state index contributed by atoms with van der Waals surface area (Å²) in [5.74, 6) is -1.99. The number of aromatic nitrogens is 1. The highest BCUT2D eigenvalue weighted by Crippen LogP contribution is 2.27. The molecule has 0 bridgehead atoms. The van der Waals surface area contributed by atoms with E-state index in [4.69, 9.17) is 9.15 Å². The first kappa shape index (κ1) is 16.9. The van der Waals surface area contributed by atoms with Crippen molar-refractivity contribution in [1.82, 2.24) is 15.8 Å². The van der Waals surface area contributed by atoms with E-state index in [0.717, 1.165) is 4.88 Å². The fraction of sp³-hybridized carbons (Fsp3) is 0.0667. The Balaban J connectivity index is 1.45. The second-order valence-electron chi connectivity index (χ2n) is 4.57. The van der Waals surface area contributed by atoms with Gasteiger partial charge in [0.1, 0.15) is 5.01 Å². The van der Waals surface area contributed by atoms with E-state index in [9.17, 15) is 14.4 Å².